The summed E-state index contributed by atoms with van der Waals surface area (Å²) in [5.74, 6) is 0.0475. The lowest BCUT2D eigenvalue weighted by Crippen LogP contribution is -2.26. The van der Waals surface area contributed by atoms with Crippen LogP contribution in [0.15, 0.2) is 16.6 Å². The first-order valence-corrected chi connectivity index (χ1v) is 6.71. The molecular formula is C11H11BrINO. The molecule has 15 heavy (non-hydrogen) atoms. The summed E-state index contributed by atoms with van der Waals surface area (Å²) >= 11 is 5.66. The minimum absolute atomic E-state index is 0.0475. The lowest BCUT2D eigenvalue weighted by molar-refractivity contribution is 0.0950. The van der Waals surface area contributed by atoms with Gasteiger partial charge in [-0.3, -0.25) is 4.79 Å². The van der Waals surface area contributed by atoms with Gasteiger partial charge in [0.2, 0.25) is 0 Å². The van der Waals surface area contributed by atoms with Crippen molar-refractivity contribution in [3.8, 4) is 0 Å². The summed E-state index contributed by atoms with van der Waals surface area (Å²) in [4.78, 5) is 11.9. The average molecular weight is 380 g/mol. The van der Waals surface area contributed by atoms with Crippen molar-refractivity contribution >= 4 is 44.4 Å². The van der Waals surface area contributed by atoms with E-state index in [9.17, 15) is 4.79 Å². The lowest BCUT2D eigenvalue weighted by Gasteiger charge is -2.08. The van der Waals surface area contributed by atoms with Crippen molar-refractivity contribution in [2.75, 3.05) is 0 Å². The number of halogens is 2. The topological polar surface area (TPSA) is 29.1 Å². The Hall–Kier alpha value is -0.100. The molecule has 4 heteroatoms. The molecule has 1 saturated carbocycles. The van der Waals surface area contributed by atoms with Crippen molar-refractivity contribution in [2.45, 2.75) is 25.8 Å². The zero-order chi connectivity index (χ0) is 11.0. The maximum Gasteiger partial charge on any atom is 0.252 e. The van der Waals surface area contributed by atoms with E-state index in [4.69, 9.17) is 0 Å². The number of hydrogen-bond acceptors (Lipinski definition) is 1. The molecule has 0 heterocycles. The van der Waals surface area contributed by atoms with E-state index < -0.39 is 0 Å². The Morgan fingerprint density at radius 1 is 1.53 bits per heavy atom. The van der Waals surface area contributed by atoms with Gasteiger partial charge >= 0.3 is 0 Å². The number of carbonyl (C=O) groups is 1. The Balaban J connectivity index is 2.28. The van der Waals surface area contributed by atoms with Gasteiger partial charge in [-0.25, -0.2) is 0 Å². The van der Waals surface area contributed by atoms with Crippen molar-refractivity contribution in [2.24, 2.45) is 0 Å². The second-order valence-corrected chi connectivity index (χ2v) is 5.79. The predicted octanol–water partition coefficient (Wildman–Crippen LogP) is 3.25. The molecule has 2 nitrogen and oxygen atoms in total. The van der Waals surface area contributed by atoms with E-state index in [0.717, 1.165) is 32.0 Å². The molecule has 80 valence electrons. The van der Waals surface area contributed by atoms with Crippen LogP contribution in [-0.2, 0) is 0 Å². The first kappa shape index (κ1) is 11.4. The van der Waals surface area contributed by atoms with Crippen LogP contribution >= 0.6 is 38.5 Å². The van der Waals surface area contributed by atoms with Crippen molar-refractivity contribution in [1.82, 2.24) is 5.32 Å². The molecule has 1 aliphatic carbocycles. The van der Waals surface area contributed by atoms with Gasteiger partial charge in [0.15, 0.2) is 0 Å². The van der Waals surface area contributed by atoms with E-state index in [1.54, 1.807) is 0 Å². The second-order valence-electron chi connectivity index (χ2n) is 3.86. The van der Waals surface area contributed by atoms with Crippen LogP contribution in [0.1, 0.15) is 28.8 Å². The zero-order valence-corrected chi connectivity index (χ0v) is 12.1. The molecule has 0 aliphatic heterocycles. The van der Waals surface area contributed by atoms with Gasteiger partial charge in [-0.1, -0.05) is 0 Å². The van der Waals surface area contributed by atoms with E-state index >= 15 is 0 Å². The van der Waals surface area contributed by atoms with Gasteiger partial charge in [-0.15, -0.1) is 0 Å². The molecule has 1 N–H and O–H groups in total. The van der Waals surface area contributed by atoms with Crippen LogP contribution in [0.2, 0.25) is 0 Å². The Morgan fingerprint density at radius 2 is 2.20 bits per heavy atom. The van der Waals surface area contributed by atoms with Crippen LogP contribution in [0.25, 0.3) is 0 Å². The Labute approximate surface area is 111 Å². The smallest absolute Gasteiger partial charge is 0.252 e. The number of rotatable bonds is 2. The van der Waals surface area contributed by atoms with Crippen LogP contribution in [0.3, 0.4) is 0 Å². The molecular weight excluding hydrogens is 369 g/mol. The van der Waals surface area contributed by atoms with Crippen molar-refractivity contribution < 1.29 is 4.79 Å². The van der Waals surface area contributed by atoms with E-state index in [1.807, 2.05) is 19.1 Å². The number of aryl methyl sites for hydroxylation is 1. The highest BCUT2D eigenvalue weighted by atomic mass is 127. The SMILES string of the molecule is Cc1cc(Br)c(I)c(C(=O)NC2CC2)c1. The van der Waals surface area contributed by atoms with E-state index in [2.05, 4.69) is 43.8 Å². The minimum atomic E-state index is 0.0475. The number of carbonyl (C=O) groups excluding carboxylic acids is 1. The molecule has 2 rings (SSSR count). The van der Waals surface area contributed by atoms with Gasteiger partial charge in [-0.05, 0) is 76.0 Å². The molecule has 0 unspecified atom stereocenters. The summed E-state index contributed by atoms with van der Waals surface area (Å²) in [6.07, 6.45) is 2.24. The first-order chi connectivity index (χ1) is 7.08. The highest BCUT2D eigenvalue weighted by Gasteiger charge is 2.25. The molecule has 1 aliphatic rings. The molecule has 1 aromatic rings. The molecule has 0 bridgehead atoms. The Kier molecular flexibility index (Phi) is 3.35. The fraction of sp³-hybridized carbons (Fsp3) is 0.364. The van der Waals surface area contributed by atoms with Crippen LogP contribution in [0, 0.1) is 10.5 Å². The van der Waals surface area contributed by atoms with Crippen LogP contribution in [0.4, 0.5) is 0 Å². The largest absolute Gasteiger partial charge is 0.349 e. The van der Waals surface area contributed by atoms with Gasteiger partial charge in [-0.2, -0.15) is 0 Å². The second kappa shape index (κ2) is 4.41. The predicted molar refractivity (Wildman–Crippen MR) is 72.1 cm³/mol. The summed E-state index contributed by atoms with van der Waals surface area (Å²) in [5.41, 5.74) is 1.87. The summed E-state index contributed by atoms with van der Waals surface area (Å²) in [7, 11) is 0. The molecule has 0 radical (unpaired) electrons. The van der Waals surface area contributed by atoms with Gasteiger partial charge in [0.05, 0.1) is 5.56 Å². The van der Waals surface area contributed by atoms with Crippen LogP contribution < -0.4 is 5.32 Å². The summed E-state index contributed by atoms with van der Waals surface area (Å²) < 4.78 is 1.97. The lowest BCUT2D eigenvalue weighted by atomic mass is 10.1. The highest BCUT2D eigenvalue weighted by Crippen LogP contribution is 2.26. The molecule has 0 spiro atoms. The van der Waals surface area contributed by atoms with Gasteiger partial charge in [0.1, 0.15) is 0 Å². The maximum atomic E-state index is 11.9. The minimum Gasteiger partial charge on any atom is -0.349 e. The van der Waals surface area contributed by atoms with Crippen molar-refractivity contribution in [1.29, 1.82) is 0 Å². The summed E-state index contributed by atoms with van der Waals surface area (Å²) in [6, 6.07) is 4.37. The summed E-state index contributed by atoms with van der Waals surface area (Å²) in [5, 5.41) is 3.00. The molecule has 0 saturated heterocycles. The molecule has 0 atom stereocenters. The van der Waals surface area contributed by atoms with Gasteiger partial charge in [0.25, 0.3) is 5.91 Å². The van der Waals surface area contributed by atoms with E-state index in [0.29, 0.717) is 6.04 Å². The van der Waals surface area contributed by atoms with Crippen LogP contribution in [-0.4, -0.2) is 11.9 Å². The quantitative estimate of drug-likeness (QED) is 0.785. The number of nitrogens with one attached hydrogen (secondary N) is 1. The average Bonchev–Trinajstić information content (AvgIpc) is 2.94. The molecule has 0 aromatic heterocycles. The highest BCUT2D eigenvalue weighted by molar-refractivity contribution is 14.1. The molecule has 1 amide bonds. The number of hydrogen-bond donors (Lipinski definition) is 1. The Bertz CT molecular complexity index is 415. The molecule has 1 aromatic carbocycles. The van der Waals surface area contributed by atoms with Gasteiger partial charge < -0.3 is 5.32 Å². The number of benzene rings is 1. The van der Waals surface area contributed by atoms with E-state index in [-0.39, 0.29) is 5.91 Å². The fourth-order valence-electron chi connectivity index (χ4n) is 1.38. The maximum absolute atomic E-state index is 11.9. The first-order valence-electron chi connectivity index (χ1n) is 4.84. The standard InChI is InChI=1S/C11H11BrINO/c1-6-4-8(10(13)9(12)5-6)11(15)14-7-2-3-7/h4-5,7H,2-3H2,1H3,(H,14,15). The zero-order valence-electron chi connectivity index (χ0n) is 8.31. The summed E-state index contributed by atoms with van der Waals surface area (Å²) in [6.45, 7) is 1.99. The van der Waals surface area contributed by atoms with E-state index in [1.165, 1.54) is 0 Å². The normalized spacial score (nSPS) is 15.1. The third-order valence-corrected chi connectivity index (χ3v) is 4.86. The fourth-order valence-corrected chi connectivity index (χ4v) is 2.51. The Morgan fingerprint density at radius 3 is 2.80 bits per heavy atom. The third-order valence-electron chi connectivity index (χ3n) is 2.33. The number of amides is 1. The van der Waals surface area contributed by atoms with Crippen molar-refractivity contribution in [3.05, 3.63) is 31.3 Å². The third kappa shape index (κ3) is 2.72. The van der Waals surface area contributed by atoms with Crippen LogP contribution in [0.5, 0.6) is 0 Å². The van der Waals surface area contributed by atoms with Gasteiger partial charge in [0, 0.05) is 14.1 Å². The van der Waals surface area contributed by atoms with Crippen molar-refractivity contribution in [3.63, 3.8) is 0 Å². The molecule has 1 fully saturated rings. The monoisotopic (exact) mass is 379 g/mol.